The number of nitrogens with one attached hydrogen (secondary N) is 1. The van der Waals surface area contributed by atoms with E-state index < -0.39 is 11.5 Å². The molecule has 4 heteroatoms. The van der Waals surface area contributed by atoms with E-state index in [1.54, 1.807) is 0 Å². The number of carbonyl (C=O) groups excluding carboxylic acids is 2. The fourth-order valence-electron chi connectivity index (χ4n) is 4.17. The maximum Gasteiger partial charge on any atom is 0.235 e. The molecule has 25 heavy (non-hydrogen) atoms. The van der Waals surface area contributed by atoms with Gasteiger partial charge in [-0.15, -0.1) is 0 Å². The summed E-state index contributed by atoms with van der Waals surface area (Å²) in [5, 5.41) is 3.70. The third-order valence-corrected chi connectivity index (χ3v) is 5.84. The Hall–Kier alpha value is -2.13. The molecular formula is C21H20ClNO2. The van der Waals surface area contributed by atoms with Gasteiger partial charge in [-0.2, -0.15) is 0 Å². The van der Waals surface area contributed by atoms with Crippen molar-refractivity contribution >= 4 is 23.3 Å². The molecule has 1 amide bonds. The predicted octanol–water partition coefficient (Wildman–Crippen LogP) is 4.41. The predicted molar refractivity (Wildman–Crippen MR) is 98.7 cm³/mol. The summed E-state index contributed by atoms with van der Waals surface area (Å²) >= 11 is 5.97. The maximum atomic E-state index is 13.1. The highest BCUT2D eigenvalue weighted by Gasteiger charge is 2.54. The summed E-state index contributed by atoms with van der Waals surface area (Å²) < 4.78 is 0. The summed E-state index contributed by atoms with van der Waals surface area (Å²) in [6, 6.07) is 13.6. The second-order valence-corrected chi connectivity index (χ2v) is 7.59. The van der Waals surface area contributed by atoms with Gasteiger partial charge in [0.05, 0.1) is 5.54 Å². The van der Waals surface area contributed by atoms with E-state index in [0.717, 1.165) is 47.9 Å². The van der Waals surface area contributed by atoms with Crippen LogP contribution in [0.5, 0.6) is 0 Å². The Morgan fingerprint density at radius 1 is 1.00 bits per heavy atom. The van der Waals surface area contributed by atoms with Crippen molar-refractivity contribution in [2.45, 2.75) is 44.1 Å². The average Bonchev–Trinajstić information content (AvgIpc) is 3.15. The van der Waals surface area contributed by atoms with Gasteiger partial charge in [0.25, 0.3) is 0 Å². The van der Waals surface area contributed by atoms with Crippen LogP contribution in [-0.4, -0.2) is 17.2 Å². The van der Waals surface area contributed by atoms with E-state index in [2.05, 4.69) is 5.32 Å². The van der Waals surface area contributed by atoms with Crippen LogP contribution in [0.4, 0.5) is 0 Å². The van der Waals surface area contributed by atoms with Crippen molar-refractivity contribution in [3.05, 3.63) is 58.6 Å². The average molecular weight is 354 g/mol. The van der Waals surface area contributed by atoms with Crippen molar-refractivity contribution in [1.29, 1.82) is 0 Å². The van der Waals surface area contributed by atoms with Gasteiger partial charge >= 0.3 is 0 Å². The fraction of sp³-hybridized carbons (Fsp3) is 0.333. The number of amides is 1. The molecule has 1 aliphatic carbocycles. The monoisotopic (exact) mass is 353 g/mol. The van der Waals surface area contributed by atoms with Gasteiger partial charge in [0, 0.05) is 5.02 Å². The summed E-state index contributed by atoms with van der Waals surface area (Å²) in [6.45, 7) is 1.96. The molecule has 2 aromatic rings. The molecule has 0 radical (unpaired) electrons. The number of rotatable bonds is 2. The standard InChI is InChI=1S/C21H20ClNO2/c1-13-4-5-15(14-6-8-16(22)9-7-14)12-17(13)18-19(24)21(23-20(18)25)10-2-3-11-21/h4-9,12,18H,2-3,10-11H2,1H3,(H,23,25). The second-order valence-electron chi connectivity index (χ2n) is 7.15. The molecule has 1 aliphatic heterocycles. The number of halogens is 1. The Bertz CT molecular complexity index is 851. The molecule has 2 fully saturated rings. The number of benzene rings is 2. The lowest BCUT2D eigenvalue weighted by molar-refractivity contribution is -0.125. The molecular weight excluding hydrogens is 334 g/mol. The van der Waals surface area contributed by atoms with Crippen LogP contribution in [0.3, 0.4) is 0 Å². The van der Waals surface area contributed by atoms with Crippen molar-refractivity contribution in [1.82, 2.24) is 5.32 Å². The molecule has 1 N–H and O–H groups in total. The summed E-state index contributed by atoms with van der Waals surface area (Å²) in [4.78, 5) is 25.7. The van der Waals surface area contributed by atoms with E-state index in [1.165, 1.54) is 0 Å². The van der Waals surface area contributed by atoms with Gasteiger partial charge in [-0.05, 0) is 60.2 Å². The highest BCUT2D eigenvalue weighted by Crippen LogP contribution is 2.41. The van der Waals surface area contributed by atoms with Crippen molar-refractivity contribution in [2.75, 3.05) is 0 Å². The first kappa shape index (κ1) is 16.3. The van der Waals surface area contributed by atoms with Crippen molar-refractivity contribution in [2.24, 2.45) is 0 Å². The van der Waals surface area contributed by atoms with Crippen molar-refractivity contribution in [3.8, 4) is 11.1 Å². The Morgan fingerprint density at radius 3 is 2.32 bits per heavy atom. The smallest absolute Gasteiger partial charge is 0.235 e. The number of hydrogen-bond acceptors (Lipinski definition) is 2. The number of hydrogen-bond donors (Lipinski definition) is 1. The molecule has 1 spiro atoms. The van der Waals surface area contributed by atoms with Gasteiger partial charge in [0.15, 0.2) is 5.78 Å². The third kappa shape index (κ3) is 2.67. The van der Waals surface area contributed by atoms with Crippen LogP contribution in [0.25, 0.3) is 11.1 Å². The lowest BCUT2D eigenvalue weighted by Gasteiger charge is -2.21. The molecule has 1 heterocycles. The lowest BCUT2D eigenvalue weighted by atomic mass is 9.83. The van der Waals surface area contributed by atoms with Crippen LogP contribution < -0.4 is 5.32 Å². The zero-order chi connectivity index (χ0) is 17.6. The largest absolute Gasteiger partial charge is 0.343 e. The lowest BCUT2D eigenvalue weighted by Crippen LogP contribution is -2.43. The molecule has 1 atom stereocenters. The minimum absolute atomic E-state index is 0.0476. The Kier molecular flexibility index (Phi) is 3.92. The van der Waals surface area contributed by atoms with Gasteiger partial charge in [-0.3, -0.25) is 9.59 Å². The molecule has 2 aromatic carbocycles. The van der Waals surface area contributed by atoms with Crippen molar-refractivity contribution in [3.63, 3.8) is 0 Å². The molecule has 3 nitrogen and oxygen atoms in total. The minimum Gasteiger partial charge on any atom is -0.343 e. The molecule has 2 aliphatic rings. The van der Waals surface area contributed by atoms with E-state index in [-0.39, 0.29) is 11.7 Å². The van der Waals surface area contributed by atoms with Crippen LogP contribution in [0, 0.1) is 6.92 Å². The first-order valence-corrected chi connectivity index (χ1v) is 9.11. The minimum atomic E-state index is -0.689. The van der Waals surface area contributed by atoms with E-state index in [9.17, 15) is 9.59 Å². The molecule has 1 saturated carbocycles. The number of carbonyl (C=O) groups is 2. The highest BCUT2D eigenvalue weighted by molar-refractivity contribution is 6.30. The second kappa shape index (κ2) is 5.99. The zero-order valence-electron chi connectivity index (χ0n) is 14.1. The molecule has 0 bridgehead atoms. The van der Waals surface area contributed by atoms with Crippen LogP contribution in [0.1, 0.15) is 42.7 Å². The SMILES string of the molecule is Cc1ccc(-c2ccc(Cl)cc2)cc1C1C(=O)NC2(CCCC2)C1=O. The van der Waals surface area contributed by atoms with Crippen LogP contribution in [0.15, 0.2) is 42.5 Å². The van der Waals surface area contributed by atoms with Gasteiger partial charge < -0.3 is 5.32 Å². The van der Waals surface area contributed by atoms with E-state index >= 15 is 0 Å². The van der Waals surface area contributed by atoms with Gasteiger partial charge in [0.2, 0.25) is 5.91 Å². The van der Waals surface area contributed by atoms with Gasteiger partial charge in [0.1, 0.15) is 5.92 Å². The van der Waals surface area contributed by atoms with E-state index in [0.29, 0.717) is 5.02 Å². The molecule has 1 saturated heterocycles. The first-order valence-electron chi connectivity index (χ1n) is 8.73. The molecule has 4 rings (SSSR count). The van der Waals surface area contributed by atoms with Crippen LogP contribution in [-0.2, 0) is 9.59 Å². The Labute approximate surface area is 152 Å². The summed E-state index contributed by atoms with van der Waals surface area (Å²) in [5.41, 5.74) is 3.18. The van der Waals surface area contributed by atoms with E-state index in [4.69, 9.17) is 11.6 Å². The van der Waals surface area contributed by atoms with Crippen LogP contribution >= 0.6 is 11.6 Å². The van der Waals surface area contributed by atoms with E-state index in [1.807, 2.05) is 49.4 Å². The number of ketones is 1. The van der Waals surface area contributed by atoms with Crippen LogP contribution in [0.2, 0.25) is 5.02 Å². The number of aryl methyl sites for hydroxylation is 1. The normalized spacial score (nSPS) is 21.8. The molecule has 1 unspecified atom stereocenters. The van der Waals surface area contributed by atoms with Gasteiger partial charge in [-0.25, -0.2) is 0 Å². The molecule has 128 valence electrons. The fourth-order valence-corrected chi connectivity index (χ4v) is 4.30. The Balaban J connectivity index is 1.75. The quantitative estimate of drug-likeness (QED) is 0.813. The third-order valence-electron chi connectivity index (χ3n) is 5.58. The highest BCUT2D eigenvalue weighted by atomic mass is 35.5. The van der Waals surface area contributed by atoms with Crippen molar-refractivity contribution < 1.29 is 9.59 Å². The van der Waals surface area contributed by atoms with Gasteiger partial charge in [-0.1, -0.05) is 48.7 Å². The summed E-state index contributed by atoms with van der Waals surface area (Å²) in [5.74, 6) is -0.792. The Morgan fingerprint density at radius 2 is 1.64 bits per heavy atom. The number of Topliss-reactive ketones (excluding diaryl/α,β-unsaturated/α-hetero) is 1. The zero-order valence-corrected chi connectivity index (χ0v) is 14.9. The molecule has 0 aromatic heterocycles. The summed E-state index contributed by atoms with van der Waals surface area (Å²) in [7, 11) is 0. The summed E-state index contributed by atoms with van der Waals surface area (Å²) in [6.07, 6.45) is 3.54. The topological polar surface area (TPSA) is 46.2 Å². The maximum absolute atomic E-state index is 13.1. The first-order chi connectivity index (χ1) is 12.0.